The molecule has 0 saturated heterocycles. The van der Waals surface area contributed by atoms with E-state index in [1.165, 1.54) is 0 Å². The predicted molar refractivity (Wildman–Crippen MR) is 82.9 cm³/mol. The second kappa shape index (κ2) is 7.72. The number of nitrogens with zero attached hydrogens (tertiary/aromatic N) is 1. The van der Waals surface area contributed by atoms with Crippen molar-refractivity contribution in [2.24, 2.45) is 17.6 Å². The molecule has 3 nitrogen and oxygen atoms in total. The Morgan fingerprint density at radius 2 is 1.85 bits per heavy atom. The summed E-state index contributed by atoms with van der Waals surface area (Å²) in [7, 11) is 1.85. The van der Waals surface area contributed by atoms with Crippen molar-refractivity contribution >= 4 is 5.91 Å². The first-order chi connectivity index (χ1) is 9.45. The minimum Gasteiger partial charge on any atom is -0.341 e. The lowest BCUT2D eigenvalue weighted by Gasteiger charge is -2.23. The van der Waals surface area contributed by atoms with Gasteiger partial charge in [-0.05, 0) is 23.6 Å². The van der Waals surface area contributed by atoms with Crippen LogP contribution in [0.3, 0.4) is 0 Å². The summed E-state index contributed by atoms with van der Waals surface area (Å²) < 4.78 is 0. The first-order valence-electron chi connectivity index (χ1n) is 6.98. The number of benzene rings is 1. The summed E-state index contributed by atoms with van der Waals surface area (Å²) in [6, 6.07) is 7.93. The van der Waals surface area contributed by atoms with Gasteiger partial charge in [-0.15, -0.1) is 0 Å². The molecule has 1 aromatic carbocycles. The molecule has 0 saturated carbocycles. The van der Waals surface area contributed by atoms with Crippen LogP contribution in [-0.4, -0.2) is 24.4 Å². The number of nitrogens with two attached hydrogens (primary N) is 1. The summed E-state index contributed by atoms with van der Waals surface area (Å²) in [5, 5.41) is 0. The highest BCUT2D eigenvalue weighted by Crippen LogP contribution is 2.14. The van der Waals surface area contributed by atoms with Gasteiger partial charge in [-0.1, -0.05) is 44.7 Å². The number of hydrogen-bond donors (Lipinski definition) is 1. The van der Waals surface area contributed by atoms with Crippen LogP contribution in [0.25, 0.3) is 0 Å². The van der Waals surface area contributed by atoms with E-state index in [0.29, 0.717) is 19.0 Å². The van der Waals surface area contributed by atoms with E-state index in [0.717, 1.165) is 11.1 Å². The lowest BCUT2D eigenvalue weighted by molar-refractivity contribution is -0.135. The second-order valence-electron chi connectivity index (χ2n) is 5.43. The molecule has 1 amide bonds. The molecule has 0 fully saturated rings. The monoisotopic (exact) mass is 272 g/mol. The maximum atomic E-state index is 12.2. The molecule has 0 radical (unpaired) electrons. The molecule has 0 aliphatic heterocycles. The third-order valence-electron chi connectivity index (χ3n) is 3.47. The summed E-state index contributed by atoms with van der Waals surface area (Å²) in [6.07, 6.45) is 0. The minimum atomic E-state index is 0.0506. The van der Waals surface area contributed by atoms with E-state index in [1.54, 1.807) is 4.90 Å². The van der Waals surface area contributed by atoms with Gasteiger partial charge in [0.15, 0.2) is 0 Å². The lowest BCUT2D eigenvalue weighted by atomic mass is 9.96. The third kappa shape index (κ3) is 4.71. The second-order valence-corrected chi connectivity index (χ2v) is 5.43. The van der Waals surface area contributed by atoms with Crippen LogP contribution < -0.4 is 5.73 Å². The van der Waals surface area contributed by atoms with Crippen LogP contribution in [0.5, 0.6) is 0 Å². The quantitative estimate of drug-likeness (QED) is 0.855. The highest BCUT2D eigenvalue weighted by Gasteiger charge is 2.20. The molecule has 0 aliphatic rings. The molecule has 1 rings (SSSR count). The molecule has 1 atom stereocenters. The van der Waals surface area contributed by atoms with Crippen LogP contribution in [0.1, 0.15) is 31.9 Å². The number of amides is 1. The van der Waals surface area contributed by atoms with Crippen LogP contribution in [0, 0.1) is 23.7 Å². The fraction of sp³-hybridized carbons (Fsp3) is 0.471. The maximum Gasteiger partial charge on any atom is 0.225 e. The van der Waals surface area contributed by atoms with Gasteiger partial charge >= 0.3 is 0 Å². The summed E-state index contributed by atoms with van der Waals surface area (Å²) in [4.78, 5) is 14.0. The molecule has 0 bridgehead atoms. The van der Waals surface area contributed by atoms with Gasteiger partial charge in [0.1, 0.15) is 0 Å². The maximum absolute atomic E-state index is 12.2. The van der Waals surface area contributed by atoms with Crippen molar-refractivity contribution in [2.75, 3.05) is 13.6 Å². The molecule has 20 heavy (non-hydrogen) atoms. The van der Waals surface area contributed by atoms with Crippen molar-refractivity contribution in [3.05, 3.63) is 35.4 Å². The summed E-state index contributed by atoms with van der Waals surface area (Å²) in [5.41, 5.74) is 7.39. The van der Waals surface area contributed by atoms with E-state index in [4.69, 9.17) is 5.73 Å². The van der Waals surface area contributed by atoms with E-state index in [1.807, 2.05) is 38.2 Å². The van der Waals surface area contributed by atoms with Gasteiger partial charge in [-0.25, -0.2) is 0 Å². The van der Waals surface area contributed by atoms with Gasteiger partial charge in [0.25, 0.3) is 0 Å². The Balaban J connectivity index is 2.66. The molecule has 0 heterocycles. The topological polar surface area (TPSA) is 46.3 Å². The van der Waals surface area contributed by atoms with E-state index in [2.05, 4.69) is 25.7 Å². The Bertz CT molecular complexity index is 494. The molecule has 3 heteroatoms. The number of carbonyl (C=O) groups excluding carboxylic acids is 1. The van der Waals surface area contributed by atoms with Gasteiger partial charge in [0.05, 0.1) is 6.54 Å². The van der Waals surface area contributed by atoms with Crippen LogP contribution in [-0.2, 0) is 11.3 Å². The zero-order valence-corrected chi connectivity index (χ0v) is 12.8. The number of rotatable bonds is 4. The Labute approximate surface area is 122 Å². The Morgan fingerprint density at radius 1 is 1.25 bits per heavy atom. The molecule has 0 aromatic heterocycles. The smallest absolute Gasteiger partial charge is 0.225 e. The van der Waals surface area contributed by atoms with Crippen molar-refractivity contribution < 1.29 is 4.79 Å². The largest absolute Gasteiger partial charge is 0.341 e. The van der Waals surface area contributed by atoms with Gasteiger partial charge in [-0.2, -0.15) is 0 Å². The van der Waals surface area contributed by atoms with Gasteiger partial charge in [-0.3, -0.25) is 4.79 Å². The molecule has 0 aliphatic carbocycles. The molecule has 1 aromatic rings. The van der Waals surface area contributed by atoms with Gasteiger partial charge in [0.2, 0.25) is 5.91 Å². The molecule has 108 valence electrons. The van der Waals surface area contributed by atoms with Gasteiger partial charge in [0, 0.05) is 25.1 Å². The average Bonchev–Trinajstić information content (AvgIpc) is 2.44. The lowest BCUT2D eigenvalue weighted by Crippen LogP contribution is -2.33. The van der Waals surface area contributed by atoms with E-state index in [9.17, 15) is 4.79 Å². The number of carbonyl (C=O) groups is 1. The fourth-order valence-electron chi connectivity index (χ4n) is 1.83. The molecular formula is C17H24N2O. The van der Waals surface area contributed by atoms with Crippen LogP contribution in [0.4, 0.5) is 0 Å². The molecule has 2 N–H and O–H groups in total. The van der Waals surface area contributed by atoms with Crippen molar-refractivity contribution in [3.8, 4) is 11.8 Å². The predicted octanol–water partition coefficient (Wildman–Crippen LogP) is 2.25. The standard InChI is InChI=1S/C17H24N2O/c1-13(2)14(3)17(20)19(4)12-16-9-7-15(8-10-16)6-5-11-18/h7-10,13-14H,11-12,18H2,1-4H3. The zero-order chi connectivity index (χ0) is 15.1. The number of hydrogen-bond acceptors (Lipinski definition) is 2. The van der Waals surface area contributed by atoms with Crippen LogP contribution >= 0.6 is 0 Å². The van der Waals surface area contributed by atoms with Crippen LogP contribution in [0.15, 0.2) is 24.3 Å². The van der Waals surface area contributed by atoms with Crippen LogP contribution in [0.2, 0.25) is 0 Å². The summed E-state index contributed by atoms with van der Waals surface area (Å²) >= 11 is 0. The first kappa shape index (κ1) is 16.3. The Kier molecular flexibility index (Phi) is 6.27. The van der Waals surface area contributed by atoms with Crippen molar-refractivity contribution in [1.29, 1.82) is 0 Å². The first-order valence-corrected chi connectivity index (χ1v) is 6.98. The van der Waals surface area contributed by atoms with Crippen molar-refractivity contribution in [2.45, 2.75) is 27.3 Å². The van der Waals surface area contributed by atoms with Gasteiger partial charge < -0.3 is 10.6 Å². The minimum absolute atomic E-state index is 0.0506. The summed E-state index contributed by atoms with van der Waals surface area (Å²) in [5.74, 6) is 6.41. The summed E-state index contributed by atoms with van der Waals surface area (Å²) in [6.45, 7) is 7.12. The molecule has 0 spiro atoms. The zero-order valence-electron chi connectivity index (χ0n) is 12.8. The van der Waals surface area contributed by atoms with Crippen molar-refractivity contribution in [3.63, 3.8) is 0 Å². The van der Waals surface area contributed by atoms with Crippen molar-refractivity contribution in [1.82, 2.24) is 4.90 Å². The highest BCUT2D eigenvalue weighted by atomic mass is 16.2. The molecule has 1 unspecified atom stereocenters. The Morgan fingerprint density at radius 3 is 2.35 bits per heavy atom. The fourth-order valence-corrected chi connectivity index (χ4v) is 1.83. The average molecular weight is 272 g/mol. The van der Waals surface area contributed by atoms with E-state index >= 15 is 0 Å². The molecular weight excluding hydrogens is 248 g/mol. The third-order valence-corrected chi connectivity index (χ3v) is 3.47. The van der Waals surface area contributed by atoms with E-state index < -0.39 is 0 Å². The van der Waals surface area contributed by atoms with E-state index in [-0.39, 0.29) is 11.8 Å². The SMILES string of the molecule is CC(C)C(C)C(=O)N(C)Cc1ccc(C#CCN)cc1. The highest BCUT2D eigenvalue weighted by molar-refractivity contribution is 5.78. The normalized spacial score (nSPS) is 11.7. The Hall–Kier alpha value is -1.79.